The van der Waals surface area contributed by atoms with Crippen molar-refractivity contribution in [3.05, 3.63) is 51.4 Å². The number of rotatable bonds is 2. The van der Waals surface area contributed by atoms with Gasteiger partial charge in [0.15, 0.2) is 0 Å². The molecule has 3 nitrogen and oxygen atoms in total. The predicted molar refractivity (Wildman–Crippen MR) is 68.4 cm³/mol. The van der Waals surface area contributed by atoms with E-state index < -0.39 is 0 Å². The molecule has 0 amide bonds. The second-order valence-electron chi connectivity index (χ2n) is 3.44. The number of hydrogen-bond donors (Lipinski definition) is 1. The number of nitrogens with zero attached hydrogens (tertiary/aromatic N) is 2. The van der Waals surface area contributed by atoms with Gasteiger partial charge in [0.25, 0.3) is 0 Å². The van der Waals surface area contributed by atoms with E-state index in [0.29, 0.717) is 0 Å². The molecular formula is C11H12IN3. The molecule has 1 aromatic heterocycles. The number of aromatic nitrogens is 2. The van der Waals surface area contributed by atoms with E-state index in [1.54, 1.807) is 4.68 Å². The standard InChI is InChI=1S/C11H12IN3/c1-15-7-6-10(14-15)11(13)8-2-4-9(12)5-3-8/h2-7,11H,13H2,1H3. The molecule has 0 aliphatic carbocycles. The van der Waals surface area contributed by atoms with Crippen LogP contribution in [0.2, 0.25) is 0 Å². The highest BCUT2D eigenvalue weighted by atomic mass is 127. The van der Waals surface area contributed by atoms with Gasteiger partial charge in [-0.3, -0.25) is 4.68 Å². The molecule has 0 saturated heterocycles. The van der Waals surface area contributed by atoms with Gasteiger partial charge in [-0.2, -0.15) is 5.10 Å². The van der Waals surface area contributed by atoms with Gasteiger partial charge >= 0.3 is 0 Å². The van der Waals surface area contributed by atoms with E-state index in [9.17, 15) is 0 Å². The number of aryl methyl sites for hydroxylation is 1. The average Bonchev–Trinajstić information content (AvgIpc) is 2.65. The van der Waals surface area contributed by atoms with Crippen LogP contribution < -0.4 is 5.73 Å². The topological polar surface area (TPSA) is 43.8 Å². The Labute approximate surface area is 102 Å². The van der Waals surface area contributed by atoms with Crippen LogP contribution in [-0.4, -0.2) is 9.78 Å². The van der Waals surface area contributed by atoms with Crippen molar-refractivity contribution in [3.63, 3.8) is 0 Å². The molecule has 0 radical (unpaired) electrons. The van der Waals surface area contributed by atoms with Crippen LogP contribution in [-0.2, 0) is 7.05 Å². The Bertz CT molecular complexity index is 447. The van der Waals surface area contributed by atoms with Gasteiger partial charge in [-0.15, -0.1) is 0 Å². The summed E-state index contributed by atoms with van der Waals surface area (Å²) in [4.78, 5) is 0. The Kier molecular flexibility index (Phi) is 3.06. The van der Waals surface area contributed by atoms with Gasteiger partial charge in [0.05, 0.1) is 11.7 Å². The minimum absolute atomic E-state index is 0.136. The molecule has 2 N–H and O–H groups in total. The SMILES string of the molecule is Cn1ccc(C(N)c2ccc(I)cc2)n1. The third kappa shape index (κ3) is 2.38. The Morgan fingerprint density at radius 3 is 2.47 bits per heavy atom. The van der Waals surface area contributed by atoms with Gasteiger partial charge in [0.1, 0.15) is 0 Å². The zero-order valence-electron chi connectivity index (χ0n) is 8.39. The molecule has 0 saturated carbocycles. The summed E-state index contributed by atoms with van der Waals surface area (Å²) < 4.78 is 2.98. The maximum atomic E-state index is 6.10. The van der Waals surface area contributed by atoms with Crippen LogP contribution in [0.5, 0.6) is 0 Å². The highest BCUT2D eigenvalue weighted by Gasteiger charge is 2.10. The number of benzene rings is 1. The van der Waals surface area contributed by atoms with E-state index >= 15 is 0 Å². The first-order valence-electron chi connectivity index (χ1n) is 4.67. The van der Waals surface area contributed by atoms with Crippen molar-refractivity contribution in [1.82, 2.24) is 9.78 Å². The van der Waals surface area contributed by atoms with Crippen LogP contribution in [0.4, 0.5) is 0 Å². The molecule has 0 spiro atoms. The summed E-state index contributed by atoms with van der Waals surface area (Å²) in [6, 6.07) is 10.0. The van der Waals surface area contributed by atoms with E-state index in [1.165, 1.54) is 3.57 Å². The first-order chi connectivity index (χ1) is 7.16. The summed E-state index contributed by atoms with van der Waals surface area (Å²) >= 11 is 2.28. The Morgan fingerprint density at radius 2 is 1.93 bits per heavy atom. The van der Waals surface area contributed by atoms with Gasteiger partial charge in [0.2, 0.25) is 0 Å². The minimum Gasteiger partial charge on any atom is -0.319 e. The quantitative estimate of drug-likeness (QED) is 0.863. The number of hydrogen-bond acceptors (Lipinski definition) is 2. The Balaban J connectivity index is 2.28. The normalized spacial score (nSPS) is 12.7. The lowest BCUT2D eigenvalue weighted by atomic mass is 10.1. The Hall–Kier alpha value is -0.880. The third-order valence-electron chi connectivity index (χ3n) is 2.28. The summed E-state index contributed by atoms with van der Waals surface area (Å²) in [5, 5.41) is 4.30. The molecule has 1 unspecified atom stereocenters. The first kappa shape index (κ1) is 10.6. The fourth-order valence-electron chi connectivity index (χ4n) is 1.44. The second-order valence-corrected chi connectivity index (χ2v) is 4.69. The van der Waals surface area contributed by atoms with Gasteiger partial charge in [0, 0.05) is 16.8 Å². The summed E-state index contributed by atoms with van der Waals surface area (Å²) in [6.45, 7) is 0. The van der Waals surface area contributed by atoms with Gasteiger partial charge in [-0.1, -0.05) is 12.1 Å². The van der Waals surface area contributed by atoms with Crippen LogP contribution in [0.25, 0.3) is 0 Å². The molecule has 2 aromatic rings. The summed E-state index contributed by atoms with van der Waals surface area (Å²) in [5.41, 5.74) is 8.09. The maximum absolute atomic E-state index is 6.10. The lowest BCUT2D eigenvalue weighted by Gasteiger charge is -2.08. The van der Waals surface area contributed by atoms with Gasteiger partial charge < -0.3 is 5.73 Å². The van der Waals surface area contributed by atoms with Crippen molar-refractivity contribution < 1.29 is 0 Å². The molecule has 1 aromatic carbocycles. The lowest BCUT2D eigenvalue weighted by molar-refractivity contribution is 0.716. The highest BCUT2D eigenvalue weighted by molar-refractivity contribution is 14.1. The van der Waals surface area contributed by atoms with Gasteiger partial charge in [-0.25, -0.2) is 0 Å². The van der Waals surface area contributed by atoms with Crippen LogP contribution in [0.3, 0.4) is 0 Å². The summed E-state index contributed by atoms with van der Waals surface area (Å²) in [7, 11) is 1.89. The zero-order valence-corrected chi connectivity index (χ0v) is 10.5. The molecule has 0 fully saturated rings. The molecule has 1 atom stereocenters. The second kappa shape index (κ2) is 4.32. The fourth-order valence-corrected chi connectivity index (χ4v) is 1.80. The van der Waals surface area contributed by atoms with Crippen LogP contribution in [0.15, 0.2) is 36.5 Å². The van der Waals surface area contributed by atoms with E-state index in [1.807, 2.05) is 31.4 Å². The van der Waals surface area contributed by atoms with Crippen molar-refractivity contribution in [1.29, 1.82) is 0 Å². The van der Waals surface area contributed by atoms with E-state index in [4.69, 9.17) is 5.73 Å². The number of nitrogens with two attached hydrogens (primary N) is 1. The lowest BCUT2D eigenvalue weighted by Crippen LogP contribution is -2.12. The largest absolute Gasteiger partial charge is 0.319 e. The first-order valence-corrected chi connectivity index (χ1v) is 5.75. The van der Waals surface area contributed by atoms with E-state index in [2.05, 4.69) is 39.8 Å². The molecule has 15 heavy (non-hydrogen) atoms. The summed E-state index contributed by atoms with van der Waals surface area (Å²) in [6.07, 6.45) is 1.90. The summed E-state index contributed by atoms with van der Waals surface area (Å²) in [5.74, 6) is 0. The maximum Gasteiger partial charge on any atom is 0.0837 e. The number of halogens is 1. The van der Waals surface area contributed by atoms with Crippen molar-refractivity contribution in [2.24, 2.45) is 12.8 Å². The van der Waals surface area contributed by atoms with Crippen molar-refractivity contribution in [2.45, 2.75) is 6.04 Å². The Morgan fingerprint density at radius 1 is 1.27 bits per heavy atom. The van der Waals surface area contributed by atoms with Crippen LogP contribution in [0.1, 0.15) is 17.3 Å². The zero-order chi connectivity index (χ0) is 10.8. The van der Waals surface area contributed by atoms with Crippen LogP contribution >= 0.6 is 22.6 Å². The van der Waals surface area contributed by atoms with Crippen LogP contribution in [0, 0.1) is 3.57 Å². The van der Waals surface area contributed by atoms with Crippen molar-refractivity contribution in [3.8, 4) is 0 Å². The van der Waals surface area contributed by atoms with Gasteiger partial charge in [-0.05, 0) is 46.4 Å². The van der Waals surface area contributed by atoms with E-state index in [-0.39, 0.29) is 6.04 Å². The van der Waals surface area contributed by atoms with Crippen molar-refractivity contribution >= 4 is 22.6 Å². The minimum atomic E-state index is -0.136. The molecule has 1 heterocycles. The third-order valence-corrected chi connectivity index (χ3v) is 3.00. The monoisotopic (exact) mass is 313 g/mol. The molecule has 4 heteroatoms. The molecule has 0 aliphatic heterocycles. The molecule has 0 aliphatic rings. The molecule has 0 bridgehead atoms. The average molecular weight is 313 g/mol. The molecule has 78 valence electrons. The molecule has 2 rings (SSSR count). The highest BCUT2D eigenvalue weighted by Crippen LogP contribution is 2.18. The van der Waals surface area contributed by atoms with E-state index in [0.717, 1.165) is 11.3 Å². The fraction of sp³-hybridized carbons (Fsp3) is 0.182. The smallest absolute Gasteiger partial charge is 0.0837 e. The predicted octanol–water partition coefficient (Wildman–Crippen LogP) is 2.07. The van der Waals surface area contributed by atoms with Crippen molar-refractivity contribution in [2.75, 3.05) is 0 Å². The molecular weight excluding hydrogens is 301 g/mol.